The molecule has 3 rings (SSSR count). The minimum Gasteiger partial charge on any atom is -0.326 e. The molecule has 1 aromatic rings. The molecule has 0 spiro atoms. The molecule has 0 radical (unpaired) electrons. The highest BCUT2D eigenvalue weighted by molar-refractivity contribution is 7.88. The predicted molar refractivity (Wildman–Crippen MR) is 101 cm³/mol. The fourth-order valence-electron chi connectivity index (χ4n) is 3.42. The molecule has 148 valence electrons. The van der Waals surface area contributed by atoms with Gasteiger partial charge in [0.05, 0.1) is 12.4 Å². The number of carbonyl (C=O) groups excluding carboxylic acids is 2. The molecule has 2 saturated heterocycles. The van der Waals surface area contributed by atoms with E-state index in [1.165, 1.54) is 9.21 Å². The third kappa shape index (κ3) is 4.66. The maximum Gasteiger partial charge on any atom is 0.325 e. The number of amides is 3. The predicted octanol–water partition coefficient (Wildman–Crippen LogP) is 0.812. The number of hydrogen-bond donors (Lipinski definition) is 1. The first kappa shape index (κ1) is 19.8. The zero-order valence-corrected chi connectivity index (χ0v) is 16.3. The molecule has 0 bridgehead atoms. The maximum atomic E-state index is 12.6. The van der Waals surface area contributed by atoms with Crippen molar-refractivity contribution in [3.63, 3.8) is 0 Å². The second-order valence-electron chi connectivity index (χ2n) is 6.96. The summed E-state index contributed by atoms with van der Waals surface area (Å²) in [4.78, 5) is 27.5. The highest BCUT2D eigenvalue weighted by atomic mass is 32.2. The maximum absolute atomic E-state index is 12.6. The summed E-state index contributed by atoms with van der Waals surface area (Å²) in [6, 6.07) is 8.32. The summed E-state index contributed by atoms with van der Waals surface area (Å²) in [7, 11) is -3.38. The van der Waals surface area contributed by atoms with E-state index in [0.717, 1.165) is 12.0 Å². The molecule has 1 N–H and O–H groups in total. The fraction of sp³-hybridized carbons (Fsp3) is 0.556. The van der Waals surface area contributed by atoms with Crippen LogP contribution in [0, 0.1) is 0 Å². The number of imide groups is 1. The minimum atomic E-state index is -3.38. The van der Waals surface area contributed by atoms with E-state index in [1.54, 1.807) is 12.1 Å². The van der Waals surface area contributed by atoms with E-state index in [1.807, 2.05) is 30.0 Å². The van der Waals surface area contributed by atoms with Crippen molar-refractivity contribution in [3.05, 3.63) is 35.9 Å². The summed E-state index contributed by atoms with van der Waals surface area (Å²) in [6.07, 6.45) is 1.45. The topological polar surface area (TPSA) is 90.0 Å². The number of urea groups is 1. The quantitative estimate of drug-likeness (QED) is 0.692. The molecule has 1 aromatic carbocycles. The third-order valence-electron chi connectivity index (χ3n) is 4.94. The Balaban J connectivity index is 1.53. The summed E-state index contributed by atoms with van der Waals surface area (Å²) in [5.41, 5.74) is 0.765. The second kappa shape index (κ2) is 8.37. The molecule has 2 aliphatic rings. The van der Waals surface area contributed by atoms with Gasteiger partial charge < -0.3 is 5.32 Å². The monoisotopic (exact) mass is 394 g/mol. The number of rotatable bonds is 7. The van der Waals surface area contributed by atoms with Crippen LogP contribution in [0.25, 0.3) is 0 Å². The van der Waals surface area contributed by atoms with Gasteiger partial charge in [0.2, 0.25) is 10.0 Å². The molecule has 0 saturated carbocycles. The standard InChI is InChI=1S/C18H26N4O4S/c1-2-6-16-17(23)22(18(24)19-16)14-20-9-11-21(12-10-20)27(25,26)13-15-7-4-3-5-8-15/h3-5,7-8,16H,2,6,9-14H2,1H3,(H,19,24)/t16-/m0/s1. The van der Waals surface area contributed by atoms with Gasteiger partial charge in [-0.3, -0.25) is 9.69 Å². The molecular formula is C18H26N4O4S. The van der Waals surface area contributed by atoms with Crippen LogP contribution in [-0.4, -0.2) is 73.4 Å². The summed E-state index contributed by atoms with van der Waals surface area (Å²) in [5, 5.41) is 2.71. The Bertz CT molecular complexity index is 776. The van der Waals surface area contributed by atoms with Crippen LogP contribution in [0.4, 0.5) is 4.79 Å². The van der Waals surface area contributed by atoms with E-state index in [9.17, 15) is 18.0 Å². The van der Waals surface area contributed by atoms with Gasteiger partial charge in [-0.15, -0.1) is 0 Å². The summed E-state index contributed by atoms with van der Waals surface area (Å²) in [6.45, 7) is 3.87. The number of benzene rings is 1. The number of carbonyl (C=O) groups is 2. The van der Waals surface area contributed by atoms with E-state index in [-0.39, 0.29) is 24.4 Å². The van der Waals surface area contributed by atoms with Crippen LogP contribution in [0.2, 0.25) is 0 Å². The number of nitrogens with one attached hydrogen (secondary N) is 1. The Morgan fingerprint density at radius 3 is 2.37 bits per heavy atom. The molecule has 0 unspecified atom stereocenters. The highest BCUT2D eigenvalue weighted by Crippen LogP contribution is 2.16. The first-order valence-electron chi connectivity index (χ1n) is 9.26. The number of piperazine rings is 1. The van der Waals surface area contributed by atoms with Crippen molar-refractivity contribution in [3.8, 4) is 0 Å². The average molecular weight is 394 g/mol. The molecule has 8 nitrogen and oxygen atoms in total. The molecular weight excluding hydrogens is 368 g/mol. The smallest absolute Gasteiger partial charge is 0.325 e. The molecule has 3 amide bonds. The lowest BCUT2D eigenvalue weighted by Gasteiger charge is -2.35. The first-order valence-corrected chi connectivity index (χ1v) is 10.9. The number of hydrogen-bond acceptors (Lipinski definition) is 5. The lowest BCUT2D eigenvalue weighted by Crippen LogP contribution is -2.52. The fourth-order valence-corrected chi connectivity index (χ4v) is 4.94. The molecule has 2 heterocycles. The molecule has 2 fully saturated rings. The van der Waals surface area contributed by atoms with Gasteiger partial charge in [-0.2, -0.15) is 4.31 Å². The number of sulfonamides is 1. The number of nitrogens with zero attached hydrogens (tertiary/aromatic N) is 3. The van der Waals surface area contributed by atoms with Crippen LogP contribution in [0.15, 0.2) is 30.3 Å². The van der Waals surface area contributed by atoms with Crippen molar-refractivity contribution >= 4 is 22.0 Å². The van der Waals surface area contributed by atoms with Gasteiger partial charge in [0.1, 0.15) is 6.04 Å². The normalized spacial score (nSPS) is 22.3. The Morgan fingerprint density at radius 2 is 1.74 bits per heavy atom. The van der Waals surface area contributed by atoms with Crippen LogP contribution in [0.1, 0.15) is 25.3 Å². The Kier molecular flexibility index (Phi) is 6.13. The minimum absolute atomic E-state index is 0.0143. The summed E-state index contributed by atoms with van der Waals surface area (Å²) < 4.78 is 26.7. The van der Waals surface area contributed by atoms with Crippen molar-refractivity contribution in [1.29, 1.82) is 0 Å². The largest absolute Gasteiger partial charge is 0.326 e. The lowest BCUT2D eigenvalue weighted by molar-refractivity contribution is -0.129. The van der Waals surface area contributed by atoms with Crippen molar-refractivity contribution in [1.82, 2.24) is 19.4 Å². The zero-order chi connectivity index (χ0) is 19.4. The molecule has 1 atom stereocenters. The van der Waals surface area contributed by atoms with Gasteiger partial charge >= 0.3 is 6.03 Å². The average Bonchev–Trinajstić information content (AvgIpc) is 2.90. The van der Waals surface area contributed by atoms with Crippen molar-refractivity contribution < 1.29 is 18.0 Å². The van der Waals surface area contributed by atoms with Gasteiger partial charge in [0, 0.05) is 26.2 Å². The second-order valence-corrected chi connectivity index (χ2v) is 8.93. The molecule has 0 aromatic heterocycles. The Labute approximate surface area is 160 Å². The summed E-state index contributed by atoms with van der Waals surface area (Å²) in [5.74, 6) is -0.208. The van der Waals surface area contributed by atoms with E-state index in [0.29, 0.717) is 32.6 Å². The van der Waals surface area contributed by atoms with Crippen LogP contribution in [0.3, 0.4) is 0 Å². The third-order valence-corrected chi connectivity index (χ3v) is 6.79. The first-order chi connectivity index (χ1) is 12.9. The van der Waals surface area contributed by atoms with E-state index in [4.69, 9.17) is 0 Å². The van der Waals surface area contributed by atoms with Gasteiger partial charge in [0.15, 0.2) is 0 Å². The lowest BCUT2D eigenvalue weighted by atomic mass is 10.2. The van der Waals surface area contributed by atoms with Gasteiger partial charge in [-0.1, -0.05) is 43.7 Å². The van der Waals surface area contributed by atoms with Gasteiger partial charge in [-0.25, -0.2) is 18.1 Å². The van der Waals surface area contributed by atoms with Crippen LogP contribution in [-0.2, 0) is 20.6 Å². The van der Waals surface area contributed by atoms with Crippen LogP contribution in [0.5, 0.6) is 0 Å². The molecule has 27 heavy (non-hydrogen) atoms. The van der Waals surface area contributed by atoms with E-state index >= 15 is 0 Å². The van der Waals surface area contributed by atoms with Gasteiger partial charge in [-0.05, 0) is 12.0 Å². The van der Waals surface area contributed by atoms with Crippen LogP contribution >= 0.6 is 0 Å². The highest BCUT2D eigenvalue weighted by Gasteiger charge is 2.38. The van der Waals surface area contributed by atoms with Crippen molar-refractivity contribution in [2.45, 2.75) is 31.6 Å². The SMILES string of the molecule is CCC[C@@H]1NC(=O)N(CN2CCN(S(=O)(=O)Cc3ccccc3)CC2)C1=O. The molecule has 9 heteroatoms. The Hall–Kier alpha value is -1.97. The van der Waals surface area contributed by atoms with E-state index < -0.39 is 16.1 Å². The van der Waals surface area contributed by atoms with Crippen LogP contribution < -0.4 is 5.32 Å². The van der Waals surface area contributed by atoms with Crippen molar-refractivity contribution in [2.75, 3.05) is 32.8 Å². The molecule has 0 aliphatic carbocycles. The van der Waals surface area contributed by atoms with Crippen molar-refractivity contribution in [2.24, 2.45) is 0 Å². The molecule has 2 aliphatic heterocycles. The Morgan fingerprint density at radius 1 is 1.07 bits per heavy atom. The van der Waals surface area contributed by atoms with Gasteiger partial charge in [0.25, 0.3) is 5.91 Å². The van der Waals surface area contributed by atoms with E-state index in [2.05, 4.69) is 5.32 Å². The zero-order valence-electron chi connectivity index (χ0n) is 15.5. The summed E-state index contributed by atoms with van der Waals surface area (Å²) >= 11 is 0.